The Labute approximate surface area is 161 Å². The zero-order valence-corrected chi connectivity index (χ0v) is 16.2. The van der Waals surface area contributed by atoms with Gasteiger partial charge in [0, 0.05) is 12.0 Å². The molecule has 6 heteroatoms. The molecule has 0 aliphatic carbocycles. The number of morpholine rings is 1. The van der Waals surface area contributed by atoms with Crippen molar-refractivity contribution in [3.05, 3.63) is 29.3 Å². The van der Waals surface area contributed by atoms with Crippen LogP contribution in [0.3, 0.4) is 0 Å². The van der Waals surface area contributed by atoms with Crippen molar-refractivity contribution in [3.8, 4) is 5.75 Å². The third kappa shape index (κ3) is 7.31. The van der Waals surface area contributed by atoms with Gasteiger partial charge in [0.05, 0.1) is 26.3 Å². The molecule has 0 unspecified atom stereocenters. The van der Waals surface area contributed by atoms with Crippen molar-refractivity contribution in [2.45, 2.75) is 58.3 Å². The first-order valence-corrected chi connectivity index (χ1v) is 10.0. The Morgan fingerprint density at radius 1 is 1.07 bits per heavy atom. The number of phenols is 1. The molecule has 1 heterocycles. The molecule has 27 heavy (non-hydrogen) atoms. The quantitative estimate of drug-likeness (QED) is 0.462. The second kappa shape index (κ2) is 11.7. The van der Waals surface area contributed by atoms with Crippen LogP contribution >= 0.6 is 0 Å². The predicted molar refractivity (Wildman–Crippen MR) is 103 cm³/mol. The third-order valence-corrected chi connectivity index (χ3v) is 4.73. The van der Waals surface area contributed by atoms with E-state index in [1.807, 2.05) is 0 Å². The van der Waals surface area contributed by atoms with Gasteiger partial charge in [0.15, 0.2) is 5.78 Å². The van der Waals surface area contributed by atoms with E-state index in [-0.39, 0.29) is 17.1 Å². The number of unbranched alkanes of at least 4 members (excludes halogenated alkanes) is 6. The van der Waals surface area contributed by atoms with Crippen molar-refractivity contribution in [2.75, 3.05) is 26.3 Å². The number of hydrogen-bond acceptors (Lipinski definition) is 6. The fourth-order valence-corrected chi connectivity index (χ4v) is 3.06. The topological polar surface area (TPSA) is 76.1 Å². The normalized spacial score (nSPS) is 14.9. The van der Waals surface area contributed by atoms with E-state index in [0.717, 1.165) is 19.3 Å². The number of hydrogen-bond donors (Lipinski definition) is 1. The molecule has 1 fully saturated rings. The Kier molecular flexibility index (Phi) is 9.28. The summed E-state index contributed by atoms with van der Waals surface area (Å²) in [5, 5.41) is 11.5. The summed E-state index contributed by atoms with van der Waals surface area (Å²) >= 11 is 0. The van der Waals surface area contributed by atoms with Crippen LogP contribution in [-0.2, 0) is 9.57 Å². The number of ketones is 1. The van der Waals surface area contributed by atoms with Crippen molar-refractivity contribution in [1.82, 2.24) is 5.06 Å². The van der Waals surface area contributed by atoms with Crippen LogP contribution in [0, 0.1) is 0 Å². The first-order valence-electron chi connectivity index (χ1n) is 10.0. The van der Waals surface area contributed by atoms with E-state index in [2.05, 4.69) is 6.92 Å². The van der Waals surface area contributed by atoms with E-state index >= 15 is 0 Å². The van der Waals surface area contributed by atoms with Crippen LogP contribution in [0.25, 0.3) is 0 Å². The van der Waals surface area contributed by atoms with E-state index in [9.17, 15) is 14.7 Å². The first kappa shape index (κ1) is 21.4. The van der Waals surface area contributed by atoms with E-state index in [1.165, 1.54) is 42.9 Å². The molecule has 150 valence electrons. The fourth-order valence-electron chi connectivity index (χ4n) is 3.06. The number of nitrogens with zero attached hydrogens (tertiary/aromatic N) is 1. The minimum Gasteiger partial charge on any atom is -0.507 e. The maximum atomic E-state index is 12.4. The summed E-state index contributed by atoms with van der Waals surface area (Å²) in [5.41, 5.74) is 0.458. The largest absolute Gasteiger partial charge is 0.507 e. The van der Waals surface area contributed by atoms with Gasteiger partial charge in [-0.15, -0.1) is 5.06 Å². The van der Waals surface area contributed by atoms with Gasteiger partial charge in [-0.25, -0.2) is 4.79 Å². The van der Waals surface area contributed by atoms with Gasteiger partial charge < -0.3 is 14.7 Å². The second-order valence-corrected chi connectivity index (χ2v) is 6.95. The Balaban J connectivity index is 1.83. The van der Waals surface area contributed by atoms with Crippen LogP contribution in [0.5, 0.6) is 5.75 Å². The van der Waals surface area contributed by atoms with Crippen LogP contribution in [0.1, 0.15) is 79.0 Å². The van der Waals surface area contributed by atoms with Crippen LogP contribution in [0.15, 0.2) is 18.2 Å². The van der Waals surface area contributed by atoms with Crippen molar-refractivity contribution in [3.63, 3.8) is 0 Å². The molecule has 2 rings (SSSR count). The van der Waals surface area contributed by atoms with E-state index in [0.29, 0.717) is 38.3 Å². The van der Waals surface area contributed by atoms with Gasteiger partial charge >= 0.3 is 5.97 Å². The Morgan fingerprint density at radius 3 is 2.44 bits per heavy atom. The van der Waals surface area contributed by atoms with E-state index in [4.69, 9.17) is 9.57 Å². The minimum atomic E-state index is -0.653. The summed E-state index contributed by atoms with van der Waals surface area (Å²) in [7, 11) is 0. The molecular formula is C21H31NO5. The van der Waals surface area contributed by atoms with E-state index in [1.54, 1.807) is 6.07 Å². The average molecular weight is 377 g/mol. The van der Waals surface area contributed by atoms with Crippen molar-refractivity contribution in [1.29, 1.82) is 0 Å². The monoisotopic (exact) mass is 377 g/mol. The number of ether oxygens (including phenoxy) is 1. The number of Topliss-reactive ketones (excluding diaryl/α,β-unsaturated/α-hetero) is 1. The van der Waals surface area contributed by atoms with Gasteiger partial charge in [-0.2, -0.15) is 0 Å². The number of rotatable bonds is 11. The fraction of sp³-hybridized carbons (Fsp3) is 0.619. The molecule has 0 bridgehead atoms. The molecule has 0 aromatic heterocycles. The molecule has 0 radical (unpaired) electrons. The summed E-state index contributed by atoms with van der Waals surface area (Å²) in [4.78, 5) is 30.0. The minimum absolute atomic E-state index is 0.0102. The van der Waals surface area contributed by atoms with Crippen molar-refractivity contribution < 1.29 is 24.3 Å². The Bertz CT molecular complexity index is 611. The van der Waals surface area contributed by atoms with E-state index < -0.39 is 5.97 Å². The maximum Gasteiger partial charge on any atom is 0.360 e. The molecule has 1 aromatic carbocycles. The SMILES string of the molecule is CCCCCCCCCC(=O)c1ccc(O)c(C(=O)ON2CCOCC2)c1. The number of hydroxylamine groups is 2. The lowest BCUT2D eigenvalue weighted by atomic mass is 10.0. The van der Waals surface area contributed by atoms with Crippen LogP contribution < -0.4 is 0 Å². The molecular weight excluding hydrogens is 346 g/mol. The highest BCUT2D eigenvalue weighted by Gasteiger charge is 2.21. The Hall–Kier alpha value is -1.92. The summed E-state index contributed by atoms with van der Waals surface area (Å²) < 4.78 is 5.21. The van der Waals surface area contributed by atoms with Crippen LogP contribution in [0.4, 0.5) is 0 Å². The second-order valence-electron chi connectivity index (χ2n) is 6.95. The van der Waals surface area contributed by atoms with Gasteiger partial charge in [-0.3, -0.25) is 4.79 Å². The first-order chi connectivity index (χ1) is 13.1. The molecule has 0 amide bonds. The van der Waals surface area contributed by atoms with Crippen LogP contribution in [-0.4, -0.2) is 48.2 Å². The number of carbonyl (C=O) groups excluding carboxylic acids is 2. The molecule has 6 nitrogen and oxygen atoms in total. The Morgan fingerprint density at radius 2 is 1.74 bits per heavy atom. The summed E-state index contributed by atoms with van der Waals surface area (Å²) in [5.74, 6) is -0.843. The number of aromatic hydroxyl groups is 1. The van der Waals surface area contributed by atoms with Gasteiger partial charge in [-0.05, 0) is 24.6 Å². The zero-order chi connectivity index (χ0) is 19.5. The lowest BCUT2D eigenvalue weighted by molar-refractivity contribution is -0.150. The molecule has 0 spiro atoms. The molecule has 1 aliphatic rings. The lowest BCUT2D eigenvalue weighted by Gasteiger charge is -2.25. The number of phenolic OH excluding ortho intramolecular Hbond substituents is 1. The maximum absolute atomic E-state index is 12.4. The lowest BCUT2D eigenvalue weighted by Crippen LogP contribution is -2.37. The van der Waals surface area contributed by atoms with Gasteiger partial charge in [0.2, 0.25) is 0 Å². The molecule has 1 saturated heterocycles. The number of benzene rings is 1. The molecule has 1 aromatic rings. The molecule has 1 aliphatic heterocycles. The van der Waals surface area contributed by atoms with Crippen molar-refractivity contribution in [2.24, 2.45) is 0 Å². The highest BCUT2D eigenvalue weighted by atomic mass is 16.7. The highest BCUT2D eigenvalue weighted by Crippen LogP contribution is 2.22. The standard InChI is InChI=1S/C21H31NO5/c1-2-3-4-5-6-7-8-9-19(23)17-10-11-20(24)18(16-17)21(25)27-22-12-14-26-15-13-22/h10-11,16,24H,2-9,12-15H2,1H3. The predicted octanol–water partition coefficient (Wildman–Crippen LogP) is 4.12. The third-order valence-electron chi connectivity index (χ3n) is 4.73. The zero-order valence-electron chi connectivity index (χ0n) is 16.2. The summed E-state index contributed by atoms with van der Waals surface area (Å²) in [6.07, 6.45) is 8.48. The smallest absolute Gasteiger partial charge is 0.360 e. The highest BCUT2D eigenvalue weighted by molar-refractivity contribution is 6.00. The van der Waals surface area contributed by atoms with Gasteiger partial charge in [-0.1, -0.05) is 45.4 Å². The van der Waals surface area contributed by atoms with Gasteiger partial charge in [0.25, 0.3) is 0 Å². The van der Waals surface area contributed by atoms with Gasteiger partial charge in [0.1, 0.15) is 11.3 Å². The average Bonchev–Trinajstić information content (AvgIpc) is 2.68. The van der Waals surface area contributed by atoms with Crippen LogP contribution in [0.2, 0.25) is 0 Å². The summed E-state index contributed by atoms with van der Waals surface area (Å²) in [6, 6.07) is 4.38. The number of carbonyl (C=O) groups is 2. The molecule has 1 N–H and O–H groups in total. The molecule has 0 saturated carbocycles. The van der Waals surface area contributed by atoms with Crippen molar-refractivity contribution >= 4 is 11.8 Å². The molecule has 0 atom stereocenters. The summed E-state index contributed by atoms with van der Waals surface area (Å²) in [6.45, 7) is 4.17.